The van der Waals surface area contributed by atoms with Crippen LogP contribution in [0, 0.1) is 17.8 Å². The molecule has 1 heterocycles. The fourth-order valence-electron chi connectivity index (χ4n) is 2.52. The maximum Gasteiger partial charge on any atom is 0.239 e. The highest BCUT2D eigenvalue weighted by molar-refractivity contribution is 5.38. The summed E-state index contributed by atoms with van der Waals surface area (Å²) >= 11 is 0. The van der Waals surface area contributed by atoms with Crippen LogP contribution in [0.1, 0.15) is 25.7 Å². The van der Waals surface area contributed by atoms with Crippen LogP contribution in [0.2, 0.25) is 0 Å². The molecule has 0 unspecified atom stereocenters. The molecule has 0 atom stereocenters. The van der Waals surface area contributed by atoms with Crippen LogP contribution in [0.15, 0.2) is 12.3 Å². The third-order valence-corrected chi connectivity index (χ3v) is 3.76. The van der Waals surface area contributed by atoms with Crippen molar-refractivity contribution < 1.29 is 0 Å². The summed E-state index contributed by atoms with van der Waals surface area (Å²) in [6, 6.07) is 1.89. The minimum Gasteiger partial charge on any atom is -0.370 e. The van der Waals surface area contributed by atoms with E-state index in [1.54, 1.807) is 6.20 Å². The van der Waals surface area contributed by atoms with E-state index >= 15 is 0 Å². The van der Waals surface area contributed by atoms with Gasteiger partial charge in [-0.1, -0.05) is 0 Å². The van der Waals surface area contributed by atoms with Crippen molar-refractivity contribution in [1.82, 2.24) is 9.97 Å². The van der Waals surface area contributed by atoms with E-state index in [4.69, 9.17) is 5.84 Å². The number of anilines is 2. The molecule has 0 spiro atoms. The number of hydrazine groups is 1. The van der Waals surface area contributed by atoms with E-state index in [2.05, 4.69) is 20.7 Å². The largest absolute Gasteiger partial charge is 0.370 e. The van der Waals surface area contributed by atoms with Gasteiger partial charge in [-0.05, 0) is 49.5 Å². The van der Waals surface area contributed by atoms with Crippen LogP contribution < -0.4 is 16.6 Å². The van der Waals surface area contributed by atoms with Gasteiger partial charge in [0.2, 0.25) is 5.95 Å². The summed E-state index contributed by atoms with van der Waals surface area (Å²) in [5.41, 5.74) is 2.46. The fraction of sp³-hybridized carbons (Fsp3) is 0.667. The lowest BCUT2D eigenvalue weighted by Crippen LogP contribution is -2.19. The number of hydrogen-bond donors (Lipinski definition) is 3. The van der Waals surface area contributed by atoms with Crippen molar-refractivity contribution >= 4 is 11.8 Å². The summed E-state index contributed by atoms with van der Waals surface area (Å²) in [6.07, 6.45) is 7.39. The van der Waals surface area contributed by atoms with E-state index in [0.29, 0.717) is 5.95 Å². The highest BCUT2D eigenvalue weighted by Gasteiger charge is 2.40. The lowest BCUT2D eigenvalue weighted by Gasteiger charge is -2.16. The zero-order valence-electron chi connectivity index (χ0n) is 9.89. The molecule has 2 aliphatic rings. The van der Waals surface area contributed by atoms with Gasteiger partial charge in [-0.2, -0.15) is 4.98 Å². The topological polar surface area (TPSA) is 75.9 Å². The van der Waals surface area contributed by atoms with Gasteiger partial charge >= 0.3 is 0 Å². The van der Waals surface area contributed by atoms with Crippen molar-refractivity contribution in [1.29, 1.82) is 0 Å². The van der Waals surface area contributed by atoms with E-state index in [-0.39, 0.29) is 0 Å². The minimum absolute atomic E-state index is 0.462. The Morgan fingerprint density at radius 2 is 2.00 bits per heavy atom. The lowest BCUT2D eigenvalue weighted by atomic mass is 9.98. The third-order valence-electron chi connectivity index (χ3n) is 3.76. The molecule has 5 nitrogen and oxygen atoms in total. The van der Waals surface area contributed by atoms with Crippen molar-refractivity contribution in [2.75, 3.05) is 17.3 Å². The van der Waals surface area contributed by atoms with Crippen LogP contribution in [0.3, 0.4) is 0 Å². The van der Waals surface area contributed by atoms with Gasteiger partial charge in [0.25, 0.3) is 0 Å². The van der Waals surface area contributed by atoms with E-state index in [1.807, 2.05) is 6.07 Å². The number of nitrogens with two attached hydrogens (primary N) is 1. The molecule has 4 N–H and O–H groups in total. The molecule has 1 aromatic heterocycles. The molecule has 5 heteroatoms. The second-order valence-corrected chi connectivity index (χ2v) is 5.13. The Balaban J connectivity index is 1.58. The Kier molecular flexibility index (Phi) is 2.84. The predicted molar refractivity (Wildman–Crippen MR) is 67.3 cm³/mol. The van der Waals surface area contributed by atoms with Crippen molar-refractivity contribution in [2.45, 2.75) is 25.7 Å². The highest BCUT2D eigenvalue weighted by atomic mass is 15.3. The molecule has 2 fully saturated rings. The summed E-state index contributed by atoms with van der Waals surface area (Å²) < 4.78 is 0. The molecule has 0 amide bonds. The lowest BCUT2D eigenvalue weighted by molar-refractivity contribution is 0.427. The average Bonchev–Trinajstić information content (AvgIpc) is 3.22. The fourth-order valence-corrected chi connectivity index (χ4v) is 2.52. The summed E-state index contributed by atoms with van der Waals surface area (Å²) in [6.45, 7) is 1.04. The maximum atomic E-state index is 5.29. The SMILES string of the molecule is NNc1nccc(NCC(C2CC2)C2CC2)n1. The summed E-state index contributed by atoms with van der Waals surface area (Å²) in [5, 5.41) is 3.42. The molecule has 0 aromatic carbocycles. The van der Waals surface area contributed by atoms with Gasteiger partial charge in [0.1, 0.15) is 5.82 Å². The highest BCUT2D eigenvalue weighted by Crippen LogP contribution is 2.49. The van der Waals surface area contributed by atoms with Crippen molar-refractivity contribution in [2.24, 2.45) is 23.6 Å². The van der Waals surface area contributed by atoms with Crippen LogP contribution in [0.25, 0.3) is 0 Å². The van der Waals surface area contributed by atoms with Gasteiger partial charge in [0.05, 0.1) is 0 Å². The first-order valence-electron chi connectivity index (χ1n) is 6.40. The van der Waals surface area contributed by atoms with E-state index in [0.717, 1.165) is 30.1 Å². The van der Waals surface area contributed by atoms with Gasteiger partial charge < -0.3 is 5.32 Å². The van der Waals surface area contributed by atoms with Crippen LogP contribution in [0.4, 0.5) is 11.8 Å². The van der Waals surface area contributed by atoms with Gasteiger partial charge in [0, 0.05) is 12.7 Å². The monoisotopic (exact) mass is 233 g/mol. The number of rotatable bonds is 6. The van der Waals surface area contributed by atoms with Crippen LogP contribution in [-0.4, -0.2) is 16.5 Å². The summed E-state index contributed by atoms with van der Waals surface area (Å²) in [5.74, 6) is 9.38. The molecule has 3 rings (SSSR count). The summed E-state index contributed by atoms with van der Waals surface area (Å²) in [4.78, 5) is 8.26. The van der Waals surface area contributed by atoms with E-state index < -0.39 is 0 Å². The Labute approximate surface area is 101 Å². The Morgan fingerprint density at radius 3 is 2.59 bits per heavy atom. The molecular formula is C12H19N5. The second-order valence-electron chi connectivity index (χ2n) is 5.13. The second kappa shape index (κ2) is 4.49. The molecular weight excluding hydrogens is 214 g/mol. The third kappa shape index (κ3) is 2.66. The molecule has 1 aromatic rings. The van der Waals surface area contributed by atoms with Gasteiger partial charge in [-0.25, -0.2) is 10.8 Å². The Hall–Kier alpha value is -1.36. The van der Waals surface area contributed by atoms with Crippen molar-refractivity contribution in [3.05, 3.63) is 12.3 Å². The van der Waals surface area contributed by atoms with Crippen LogP contribution >= 0.6 is 0 Å². The maximum absolute atomic E-state index is 5.29. The van der Waals surface area contributed by atoms with Crippen LogP contribution in [-0.2, 0) is 0 Å². The van der Waals surface area contributed by atoms with Crippen molar-refractivity contribution in [3.8, 4) is 0 Å². The van der Waals surface area contributed by atoms with Gasteiger partial charge in [-0.15, -0.1) is 0 Å². The molecule has 2 aliphatic carbocycles. The number of nitrogens with zero attached hydrogens (tertiary/aromatic N) is 2. The number of nitrogen functional groups attached to an aromatic ring is 1. The van der Waals surface area contributed by atoms with Gasteiger partial charge in [-0.3, -0.25) is 5.43 Å². The number of nitrogens with one attached hydrogen (secondary N) is 2. The standard InChI is InChI=1S/C12H19N5/c13-17-12-14-6-5-11(16-12)15-7-10(8-1-2-8)9-3-4-9/h5-6,8-10H,1-4,7,13H2,(H2,14,15,16,17). The molecule has 92 valence electrons. The zero-order valence-corrected chi connectivity index (χ0v) is 9.89. The quantitative estimate of drug-likeness (QED) is 0.514. The first kappa shape index (κ1) is 10.8. The average molecular weight is 233 g/mol. The van der Waals surface area contributed by atoms with Gasteiger partial charge in [0.15, 0.2) is 0 Å². The smallest absolute Gasteiger partial charge is 0.239 e. The first-order valence-corrected chi connectivity index (χ1v) is 6.40. The molecule has 0 radical (unpaired) electrons. The molecule has 0 aliphatic heterocycles. The van der Waals surface area contributed by atoms with Crippen LogP contribution in [0.5, 0.6) is 0 Å². The molecule has 17 heavy (non-hydrogen) atoms. The normalized spacial score (nSPS) is 19.4. The minimum atomic E-state index is 0.462. The summed E-state index contributed by atoms with van der Waals surface area (Å²) in [7, 11) is 0. The predicted octanol–water partition coefficient (Wildman–Crippen LogP) is 1.61. The van der Waals surface area contributed by atoms with E-state index in [1.165, 1.54) is 25.7 Å². The number of hydrogen-bond acceptors (Lipinski definition) is 5. The molecule has 2 saturated carbocycles. The Morgan fingerprint density at radius 1 is 1.29 bits per heavy atom. The first-order chi connectivity index (χ1) is 8.36. The molecule has 0 bridgehead atoms. The zero-order chi connectivity index (χ0) is 11.7. The number of aromatic nitrogens is 2. The van der Waals surface area contributed by atoms with Crippen molar-refractivity contribution in [3.63, 3.8) is 0 Å². The molecule has 0 saturated heterocycles. The van der Waals surface area contributed by atoms with E-state index in [9.17, 15) is 0 Å². The Bertz CT molecular complexity index is 374.